The summed E-state index contributed by atoms with van der Waals surface area (Å²) in [5.41, 5.74) is 0.226. The quantitative estimate of drug-likeness (QED) is 0.683. The van der Waals surface area contributed by atoms with E-state index < -0.39 is 4.92 Å². The van der Waals surface area contributed by atoms with Crippen molar-refractivity contribution in [3.05, 3.63) is 57.0 Å². The highest BCUT2D eigenvalue weighted by Gasteiger charge is 2.14. The van der Waals surface area contributed by atoms with Crippen molar-refractivity contribution >= 4 is 23.0 Å². The SMILES string of the molecule is N#Cc1ccc(CNc2cc(Cl)ccc2[N+](=O)[O-])o1. The maximum Gasteiger partial charge on any atom is 0.292 e. The van der Waals surface area contributed by atoms with Gasteiger partial charge in [0.15, 0.2) is 0 Å². The van der Waals surface area contributed by atoms with Gasteiger partial charge in [-0.15, -0.1) is 0 Å². The van der Waals surface area contributed by atoms with Crippen molar-refractivity contribution in [3.63, 3.8) is 0 Å². The first-order valence-electron chi connectivity index (χ1n) is 5.27. The van der Waals surface area contributed by atoms with E-state index in [1.165, 1.54) is 24.3 Å². The van der Waals surface area contributed by atoms with Gasteiger partial charge in [0, 0.05) is 11.1 Å². The molecule has 0 saturated heterocycles. The van der Waals surface area contributed by atoms with Crippen LogP contribution in [0.15, 0.2) is 34.7 Å². The number of nitro benzene ring substituents is 1. The van der Waals surface area contributed by atoms with Crippen LogP contribution in [0, 0.1) is 21.4 Å². The van der Waals surface area contributed by atoms with Crippen molar-refractivity contribution < 1.29 is 9.34 Å². The summed E-state index contributed by atoms with van der Waals surface area (Å²) < 4.78 is 5.16. The molecule has 7 heteroatoms. The third-order valence-electron chi connectivity index (χ3n) is 2.38. The number of furan rings is 1. The first-order chi connectivity index (χ1) is 9.10. The third kappa shape index (κ3) is 3.03. The molecule has 0 atom stereocenters. The summed E-state index contributed by atoms with van der Waals surface area (Å²) in [6.45, 7) is 0.225. The molecule has 1 heterocycles. The first kappa shape index (κ1) is 12.9. The molecule has 0 radical (unpaired) electrons. The highest BCUT2D eigenvalue weighted by Crippen LogP contribution is 2.28. The minimum absolute atomic E-state index is 0.0727. The van der Waals surface area contributed by atoms with Crippen LogP contribution in [0.2, 0.25) is 5.02 Å². The van der Waals surface area contributed by atoms with Gasteiger partial charge in [-0.1, -0.05) is 11.6 Å². The van der Waals surface area contributed by atoms with Crippen LogP contribution in [0.5, 0.6) is 0 Å². The Morgan fingerprint density at radius 1 is 1.42 bits per heavy atom. The molecule has 0 amide bonds. The van der Waals surface area contributed by atoms with Crippen molar-refractivity contribution in [3.8, 4) is 6.07 Å². The summed E-state index contributed by atoms with van der Waals surface area (Å²) in [4.78, 5) is 10.4. The van der Waals surface area contributed by atoms with Gasteiger partial charge in [0.05, 0.1) is 11.5 Å². The van der Waals surface area contributed by atoms with Gasteiger partial charge < -0.3 is 9.73 Å². The molecular weight excluding hydrogens is 270 g/mol. The fourth-order valence-electron chi connectivity index (χ4n) is 1.52. The molecule has 2 aromatic rings. The van der Waals surface area contributed by atoms with Gasteiger partial charge in [0.2, 0.25) is 5.76 Å². The Morgan fingerprint density at radius 3 is 2.84 bits per heavy atom. The van der Waals surface area contributed by atoms with Gasteiger partial charge in [-0.2, -0.15) is 5.26 Å². The third-order valence-corrected chi connectivity index (χ3v) is 2.62. The van der Waals surface area contributed by atoms with E-state index in [-0.39, 0.29) is 18.0 Å². The monoisotopic (exact) mass is 277 g/mol. The molecule has 1 aromatic carbocycles. The van der Waals surface area contributed by atoms with Crippen molar-refractivity contribution in [1.29, 1.82) is 5.26 Å². The number of anilines is 1. The molecule has 0 aliphatic rings. The fourth-order valence-corrected chi connectivity index (χ4v) is 1.70. The van der Waals surface area contributed by atoms with Gasteiger partial charge >= 0.3 is 0 Å². The lowest BCUT2D eigenvalue weighted by Crippen LogP contribution is -2.01. The van der Waals surface area contributed by atoms with E-state index in [0.29, 0.717) is 16.5 Å². The standard InChI is InChI=1S/C12H8ClN3O3/c13-8-1-4-12(16(17)18)11(5-8)15-7-10-3-2-9(6-14)19-10/h1-5,15H,7H2. The van der Waals surface area contributed by atoms with Crippen molar-refractivity contribution in [2.45, 2.75) is 6.54 Å². The summed E-state index contributed by atoms with van der Waals surface area (Å²) in [7, 11) is 0. The lowest BCUT2D eigenvalue weighted by molar-refractivity contribution is -0.384. The summed E-state index contributed by atoms with van der Waals surface area (Å²) in [6.07, 6.45) is 0. The normalized spacial score (nSPS) is 9.89. The molecule has 0 saturated carbocycles. The van der Waals surface area contributed by atoms with Crippen LogP contribution in [0.3, 0.4) is 0 Å². The maximum absolute atomic E-state index is 10.9. The predicted molar refractivity (Wildman–Crippen MR) is 68.9 cm³/mol. The zero-order valence-corrected chi connectivity index (χ0v) is 10.3. The highest BCUT2D eigenvalue weighted by molar-refractivity contribution is 6.31. The molecular formula is C12H8ClN3O3. The lowest BCUT2D eigenvalue weighted by Gasteiger charge is -2.05. The van der Waals surface area contributed by atoms with Crippen LogP contribution in [0.1, 0.15) is 11.5 Å². The number of nitriles is 1. The smallest absolute Gasteiger partial charge is 0.292 e. The summed E-state index contributed by atoms with van der Waals surface area (Å²) in [5, 5.41) is 22.7. The second-order valence-corrected chi connectivity index (χ2v) is 4.09. The zero-order chi connectivity index (χ0) is 13.8. The van der Waals surface area contributed by atoms with Crippen molar-refractivity contribution in [1.82, 2.24) is 0 Å². The fraction of sp³-hybridized carbons (Fsp3) is 0.0833. The Morgan fingerprint density at radius 2 is 2.21 bits per heavy atom. The Labute approximate surface area is 113 Å². The van der Waals surface area contributed by atoms with Gasteiger partial charge in [-0.05, 0) is 24.3 Å². The van der Waals surface area contributed by atoms with Gasteiger partial charge in [0.25, 0.3) is 5.69 Å². The lowest BCUT2D eigenvalue weighted by atomic mass is 10.2. The molecule has 0 aliphatic heterocycles. The van der Waals surface area contributed by atoms with E-state index in [1.54, 1.807) is 6.07 Å². The average Bonchev–Trinajstić information content (AvgIpc) is 2.84. The Bertz CT molecular complexity index is 660. The zero-order valence-electron chi connectivity index (χ0n) is 9.59. The number of nitro groups is 1. The van der Waals surface area contributed by atoms with Gasteiger partial charge in [0.1, 0.15) is 17.5 Å². The Balaban J connectivity index is 2.17. The number of rotatable bonds is 4. The van der Waals surface area contributed by atoms with E-state index >= 15 is 0 Å². The minimum atomic E-state index is -0.499. The van der Waals surface area contributed by atoms with E-state index in [1.807, 2.05) is 6.07 Å². The van der Waals surface area contributed by atoms with E-state index in [9.17, 15) is 10.1 Å². The average molecular weight is 278 g/mol. The van der Waals surface area contributed by atoms with Gasteiger partial charge in [-0.25, -0.2) is 0 Å². The van der Waals surface area contributed by atoms with Gasteiger partial charge in [-0.3, -0.25) is 10.1 Å². The summed E-state index contributed by atoms with van der Waals surface area (Å²) >= 11 is 5.80. The van der Waals surface area contributed by atoms with Crippen molar-refractivity contribution in [2.24, 2.45) is 0 Å². The molecule has 1 N–H and O–H groups in total. The number of hydrogen-bond acceptors (Lipinski definition) is 5. The summed E-state index contributed by atoms with van der Waals surface area (Å²) in [6, 6.07) is 9.26. The Hall–Kier alpha value is -2.52. The molecule has 96 valence electrons. The summed E-state index contributed by atoms with van der Waals surface area (Å²) in [5.74, 6) is 0.697. The van der Waals surface area contributed by atoms with E-state index in [0.717, 1.165) is 0 Å². The molecule has 0 aliphatic carbocycles. The van der Waals surface area contributed by atoms with Crippen LogP contribution in [-0.4, -0.2) is 4.92 Å². The van der Waals surface area contributed by atoms with Crippen LogP contribution < -0.4 is 5.32 Å². The second-order valence-electron chi connectivity index (χ2n) is 3.65. The number of hydrogen-bond donors (Lipinski definition) is 1. The van der Waals surface area contributed by atoms with Crippen molar-refractivity contribution in [2.75, 3.05) is 5.32 Å². The second kappa shape index (κ2) is 5.42. The van der Waals surface area contributed by atoms with E-state index in [4.69, 9.17) is 21.3 Å². The molecule has 0 unspecified atom stereocenters. The number of benzene rings is 1. The largest absolute Gasteiger partial charge is 0.449 e. The minimum Gasteiger partial charge on any atom is -0.449 e. The molecule has 19 heavy (non-hydrogen) atoms. The first-order valence-corrected chi connectivity index (χ1v) is 5.64. The molecule has 0 spiro atoms. The number of halogens is 1. The highest BCUT2D eigenvalue weighted by atomic mass is 35.5. The molecule has 1 aromatic heterocycles. The molecule has 6 nitrogen and oxygen atoms in total. The van der Waals surface area contributed by atoms with E-state index in [2.05, 4.69) is 5.32 Å². The Kier molecular flexibility index (Phi) is 3.68. The molecule has 0 bridgehead atoms. The number of nitrogens with one attached hydrogen (secondary N) is 1. The van der Waals surface area contributed by atoms with Crippen LogP contribution >= 0.6 is 11.6 Å². The predicted octanol–water partition coefficient (Wildman–Crippen LogP) is 3.32. The van der Waals surface area contributed by atoms with Crippen LogP contribution in [0.4, 0.5) is 11.4 Å². The topological polar surface area (TPSA) is 92.1 Å². The van der Waals surface area contributed by atoms with Crippen LogP contribution in [0.25, 0.3) is 0 Å². The molecule has 0 fully saturated rings. The maximum atomic E-state index is 10.9. The van der Waals surface area contributed by atoms with Crippen LogP contribution in [-0.2, 0) is 6.54 Å². The number of nitrogens with zero attached hydrogens (tertiary/aromatic N) is 2. The molecule has 2 rings (SSSR count).